The van der Waals surface area contributed by atoms with Gasteiger partial charge in [-0.05, 0) is 19.3 Å². The lowest BCUT2D eigenvalue weighted by molar-refractivity contribution is -0.232. The first kappa shape index (κ1) is 28.1. The molecule has 3 aliphatic rings. The van der Waals surface area contributed by atoms with Crippen molar-refractivity contribution in [2.24, 2.45) is 0 Å². The van der Waals surface area contributed by atoms with Crippen LogP contribution in [0, 0.1) is 0 Å². The van der Waals surface area contributed by atoms with E-state index in [0.29, 0.717) is 12.8 Å². The van der Waals surface area contributed by atoms with E-state index in [1.165, 1.54) is 27.9 Å². The monoisotopic (exact) mass is 512 g/mol. The Kier molecular flexibility index (Phi) is 9.86. The molecule has 0 amide bonds. The maximum atomic E-state index is 12.0. The normalized spacial score (nSPS) is 29.8. The van der Waals surface area contributed by atoms with Crippen LogP contribution in [-0.4, -0.2) is 80.0 Å². The summed E-state index contributed by atoms with van der Waals surface area (Å²) in [6, 6.07) is 0. The first-order valence-electron chi connectivity index (χ1n) is 12.3. The minimum absolute atomic E-state index is 0.0716. The fraction of sp³-hybridized carbons (Fsp3) is 0.760. The molecule has 0 bridgehead atoms. The molecule has 0 N–H and O–H groups in total. The van der Waals surface area contributed by atoms with Crippen molar-refractivity contribution in [1.29, 1.82) is 0 Å². The Morgan fingerprint density at radius 3 is 2.25 bits per heavy atom. The van der Waals surface area contributed by atoms with Crippen molar-refractivity contribution >= 4 is 23.9 Å². The average molecular weight is 513 g/mol. The fourth-order valence-electron chi connectivity index (χ4n) is 4.99. The van der Waals surface area contributed by atoms with Gasteiger partial charge < -0.3 is 33.2 Å². The predicted octanol–water partition coefficient (Wildman–Crippen LogP) is 2.13. The number of esters is 4. The second-order valence-electron chi connectivity index (χ2n) is 9.29. The van der Waals surface area contributed by atoms with Gasteiger partial charge in [-0.15, -0.1) is 0 Å². The van der Waals surface area contributed by atoms with Crippen molar-refractivity contribution in [3.05, 3.63) is 12.2 Å². The molecule has 11 nitrogen and oxygen atoms in total. The maximum absolute atomic E-state index is 12.0. The van der Waals surface area contributed by atoms with Gasteiger partial charge in [0, 0.05) is 33.6 Å². The zero-order valence-corrected chi connectivity index (χ0v) is 21.3. The van der Waals surface area contributed by atoms with Gasteiger partial charge in [-0.1, -0.05) is 18.6 Å². The molecule has 3 rings (SSSR count). The molecule has 1 saturated carbocycles. The van der Waals surface area contributed by atoms with Crippen LogP contribution in [0.25, 0.3) is 0 Å². The summed E-state index contributed by atoms with van der Waals surface area (Å²) in [5.74, 6) is -2.87. The maximum Gasteiger partial charge on any atom is 0.309 e. The number of fused-ring (bicyclic) bond motifs is 1. The zero-order chi connectivity index (χ0) is 26.3. The van der Waals surface area contributed by atoms with E-state index in [2.05, 4.69) is 4.74 Å². The van der Waals surface area contributed by atoms with Gasteiger partial charge in [-0.25, -0.2) is 0 Å². The van der Waals surface area contributed by atoms with Gasteiger partial charge in [0.1, 0.15) is 31.0 Å². The summed E-state index contributed by atoms with van der Waals surface area (Å²) in [5.41, 5.74) is 0. The summed E-state index contributed by atoms with van der Waals surface area (Å²) in [6.07, 6.45) is 3.19. The topological polar surface area (TPSA) is 133 Å². The molecule has 202 valence electrons. The van der Waals surface area contributed by atoms with E-state index in [-0.39, 0.29) is 19.4 Å². The Bertz CT molecular complexity index is 832. The van der Waals surface area contributed by atoms with Crippen LogP contribution >= 0.6 is 0 Å². The number of methoxy groups -OCH3 is 1. The molecule has 6 atom stereocenters. The van der Waals surface area contributed by atoms with Crippen molar-refractivity contribution in [2.45, 2.75) is 108 Å². The van der Waals surface area contributed by atoms with Gasteiger partial charge in [0.2, 0.25) is 0 Å². The van der Waals surface area contributed by atoms with Gasteiger partial charge in [-0.3, -0.25) is 19.2 Å². The van der Waals surface area contributed by atoms with Gasteiger partial charge in [-0.2, -0.15) is 0 Å². The summed E-state index contributed by atoms with van der Waals surface area (Å²) >= 11 is 0. The van der Waals surface area contributed by atoms with Gasteiger partial charge >= 0.3 is 23.9 Å². The lowest BCUT2D eigenvalue weighted by atomic mass is 9.90. The number of carbonyl (C=O) groups is 4. The highest BCUT2D eigenvalue weighted by Crippen LogP contribution is 2.46. The van der Waals surface area contributed by atoms with Crippen molar-refractivity contribution in [1.82, 2.24) is 0 Å². The highest BCUT2D eigenvalue weighted by molar-refractivity contribution is 5.70. The summed E-state index contributed by atoms with van der Waals surface area (Å²) in [5, 5.41) is 0. The van der Waals surface area contributed by atoms with Crippen LogP contribution in [0.4, 0.5) is 0 Å². The van der Waals surface area contributed by atoms with Gasteiger partial charge in [0.25, 0.3) is 0 Å². The molecule has 0 aromatic carbocycles. The smallest absolute Gasteiger partial charge is 0.309 e. The van der Waals surface area contributed by atoms with Crippen LogP contribution in [-0.2, 0) is 52.3 Å². The third kappa shape index (κ3) is 7.27. The molecule has 0 aromatic heterocycles. The zero-order valence-electron chi connectivity index (χ0n) is 21.3. The Labute approximate surface area is 210 Å². The van der Waals surface area contributed by atoms with Gasteiger partial charge in [0.15, 0.2) is 18.0 Å². The summed E-state index contributed by atoms with van der Waals surface area (Å²) in [4.78, 5) is 46.9. The molecule has 0 aromatic rings. The lowest BCUT2D eigenvalue weighted by Crippen LogP contribution is -2.61. The third-order valence-corrected chi connectivity index (χ3v) is 6.47. The first-order valence-corrected chi connectivity index (χ1v) is 12.3. The van der Waals surface area contributed by atoms with E-state index in [0.717, 1.165) is 19.3 Å². The molecule has 1 spiro atoms. The Morgan fingerprint density at radius 2 is 1.64 bits per heavy atom. The standard InChI is InChI=1S/C25H36O11/c1-15(26)31-14-19(32-16(2)27)22-24-23(35-25(36-24)12-8-5-9-13-25)21(33-17(3)28)18(34-22)10-6-7-11-20(29)30-4/h6-7,18-19,21-24H,5,8-14H2,1-4H3/b7-6+/t18?,19-,21?,22+,23?,24?/m1/s1. The summed E-state index contributed by atoms with van der Waals surface area (Å²) in [7, 11) is 1.30. The predicted molar refractivity (Wildman–Crippen MR) is 122 cm³/mol. The van der Waals surface area contributed by atoms with Crippen LogP contribution in [0.5, 0.6) is 0 Å². The summed E-state index contributed by atoms with van der Waals surface area (Å²) in [6.45, 7) is 3.58. The van der Waals surface area contributed by atoms with E-state index in [1.54, 1.807) is 12.2 Å². The molecule has 2 saturated heterocycles. The van der Waals surface area contributed by atoms with E-state index < -0.39 is 66.3 Å². The van der Waals surface area contributed by atoms with Crippen LogP contribution in [0.3, 0.4) is 0 Å². The highest BCUT2D eigenvalue weighted by Gasteiger charge is 2.60. The van der Waals surface area contributed by atoms with Crippen LogP contribution in [0.15, 0.2) is 12.2 Å². The largest absolute Gasteiger partial charge is 0.469 e. The average Bonchev–Trinajstić information content (AvgIpc) is 3.18. The molecular formula is C25H36O11. The van der Waals surface area contributed by atoms with E-state index in [1.807, 2.05) is 0 Å². The quantitative estimate of drug-likeness (QED) is 0.256. The number of ether oxygens (including phenoxy) is 7. The molecular weight excluding hydrogens is 476 g/mol. The molecule has 1 aliphatic carbocycles. The molecule has 11 heteroatoms. The number of hydrogen-bond donors (Lipinski definition) is 0. The fourth-order valence-corrected chi connectivity index (χ4v) is 4.99. The first-order chi connectivity index (χ1) is 17.1. The number of carbonyl (C=O) groups excluding carboxylic acids is 4. The second kappa shape index (κ2) is 12.6. The second-order valence-corrected chi connectivity index (χ2v) is 9.29. The van der Waals surface area contributed by atoms with Gasteiger partial charge in [0.05, 0.1) is 13.5 Å². The van der Waals surface area contributed by atoms with E-state index in [4.69, 9.17) is 28.4 Å². The van der Waals surface area contributed by atoms with Crippen molar-refractivity contribution in [3.8, 4) is 0 Å². The highest BCUT2D eigenvalue weighted by atomic mass is 16.8. The molecule has 4 unspecified atom stereocenters. The number of hydrogen-bond acceptors (Lipinski definition) is 11. The SMILES string of the molecule is COC(=O)C/C=C/CC1O[C@@H]([C@@H](COC(C)=O)OC(C)=O)C2OC3(CCCCC3)OC2C1OC(C)=O. The van der Waals surface area contributed by atoms with Crippen molar-refractivity contribution in [2.75, 3.05) is 13.7 Å². The van der Waals surface area contributed by atoms with Crippen LogP contribution < -0.4 is 0 Å². The minimum atomic E-state index is -0.971. The van der Waals surface area contributed by atoms with Crippen LogP contribution in [0.1, 0.15) is 65.7 Å². The third-order valence-electron chi connectivity index (χ3n) is 6.47. The number of rotatable bonds is 9. The molecule has 2 heterocycles. The Hall–Kier alpha value is -2.50. The molecule has 36 heavy (non-hydrogen) atoms. The lowest BCUT2D eigenvalue weighted by Gasteiger charge is -2.43. The van der Waals surface area contributed by atoms with E-state index in [9.17, 15) is 19.2 Å². The molecule has 0 radical (unpaired) electrons. The molecule has 3 fully saturated rings. The van der Waals surface area contributed by atoms with E-state index >= 15 is 0 Å². The van der Waals surface area contributed by atoms with Crippen LogP contribution in [0.2, 0.25) is 0 Å². The summed E-state index contributed by atoms with van der Waals surface area (Å²) < 4.78 is 40.3. The van der Waals surface area contributed by atoms with Crippen molar-refractivity contribution < 1.29 is 52.3 Å². The molecule has 2 aliphatic heterocycles. The Morgan fingerprint density at radius 1 is 0.944 bits per heavy atom. The van der Waals surface area contributed by atoms with Crippen molar-refractivity contribution in [3.63, 3.8) is 0 Å². The Balaban J connectivity index is 1.91. The minimum Gasteiger partial charge on any atom is -0.469 e.